The van der Waals surface area contributed by atoms with Gasteiger partial charge in [-0.15, -0.1) is 0 Å². The lowest BCUT2D eigenvalue weighted by molar-refractivity contribution is 0.0992. The normalized spacial score (nSPS) is 14.4. The van der Waals surface area contributed by atoms with Gasteiger partial charge in [-0.3, -0.25) is 9.59 Å². The largest absolute Gasteiger partial charge is 0.493 e. The summed E-state index contributed by atoms with van der Waals surface area (Å²) in [4.78, 5) is 26.5. The van der Waals surface area contributed by atoms with Gasteiger partial charge in [0.2, 0.25) is 5.78 Å². The number of methoxy groups -OCH3 is 2. The van der Waals surface area contributed by atoms with E-state index in [9.17, 15) is 13.8 Å². The minimum Gasteiger partial charge on any atom is -0.493 e. The third kappa shape index (κ3) is 3.15. The Kier molecular flexibility index (Phi) is 4.80. The zero-order valence-electron chi connectivity index (χ0n) is 16.1. The number of fused-ring (bicyclic) bond motifs is 3. The highest BCUT2D eigenvalue weighted by Gasteiger charge is 2.31. The van der Waals surface area contributed by atoms with Crippen LogP contribution in [0.1, 0.15) is 26.3 Å². The lowest BCUT2D eigenvalue weighted by Crippen LogP contribution is -2.20. The van der Waals surface area contributed by atoms with E-state index in [-0.39, 0.29) is 21.8 Å². The predicted molar refractivity (Wildman–Crippen MR) is 111 cm³/mol. The fourth-order valence-corrected chi connectivity index (χ4v) is 4.55. The molecule has 5 nitrogen and oxygen atoms in total. The number of rotatable bonds is 4. The third-order valence-corrected chi connectivity index (χ3v) is 6.34. The number of allylic oxidation sites excluding steroid dienone is 2. The van der Waals surface area contributed by atoms with Crippen LogP contribution in [0.4, 0.5) is 0 Å². The average molecular weight is 406 g/mol. The van der Waals surface area contributed by atoms with E-state index in [1.54, 1.807) is 36.4 Å². The fraction of sp³-hybridized carbons (Fsp3) is 0.130. The van der Waals surface area contributed by atoms with Crippen molar-refractivity contribution in [3.05, 3.63) is 76.2 Å². The molecule has 0 saturated carbocycles. The number of ether oxygens (including phenoxy) is 2. The van der Waals surface area contributed by atoms with Crippen molar-refractivity contribution < 1.29 is 23.3 Å². The molecule has 1 aliphatic rings. The Balaban J connectivity index is 1.85. The van der Waals surface area contributed by atoms with Gasteiger partial charge in [0.25, 0.3) is 0 Å². The second-order valence-corrected chi connectivity index (χ2v) is 8.15. The molecule has 3 aromatic carbocycles. The van der Waals surface area contributed by atoms with Gasteiger partial charge in [0.15, 0.2) is 17.3 Å². The zero-order valence-corrected chi connectivity index (χ0v) is 17.0. The van der Waals surface area contributed by atoms with E-state index in [1.165, 1.54) is 20.3 Å². The molecular formula is C23H18O5S. The summed E-state index contributed by atoms with van der Waals surface area (Å²) in [5.74, 6) is 0.237. The first-order chi connectivity index (χ1) is 13.9. The Morgan fingerprint density at radius 3 is 2.17 bits per heavy atom. The Morgan fingerprint density at radius 1 is 0.862 bits per heavy atom. The van der Waals surface area contributed by atoms with E-state index in [0.717, 1.165) is 10.9 Å². The van der Waals surface area contributed by atoms with Crippen molar-refractivity contribution in [2.45, 2.75) is 11.8 Å². The molecule has 0 spiro atoms. The van der Waals surface area contributed by atoms with Crippen molar-refractivity contribution >= 4 is 33.1 Å². The molecule has 0 N–H and O–H groups in total. The molecule has 0 fully saturated rings. The number of carbonyl (C=O) groups is 2. The van der Waals surface area contributed by atoms with Gasteiger partial charge in [-0.1, -0.05) is 23.8 Å². The summed E-state index contributed by atoms with van der Waals surface area (Å²) in [6.45, 7) is 1.92. The van der Waals surface area contributed by atoms with Gasteiger partial charge in [0.1, 0.15) is 0 Å². The van der Waals surface area contributed by atoms with Gasteiger partial charge in [-0.05, 0) is 48.0 Å². The van der Waals surface area contributed by atoms with Gasteiger partial charge in [0, 0.05) is 22.1 Å². The molecule has 3 aromatic rings. The monoisotopic (exact) mass is 406 g/mol. The molecule has 6 heteroatoms. The molecule has 0 heterocycles. The minimum absolute atomic E-state index is 0.00817. The van der Waals surface area contributed by atoms with Crippen LogP contribution in [0.2, 0.25) is 0 Å². The Labute approximate surface area is 170 Å². The van der Waals surface area contributed by atoms with Crippen molar-refractivity contribution in [1.82, 2.24) is 0 Å². The van der Waals surface area contributed by atoms with Crippen LogP contribution in [0, 0.1) is 6.92 Å². The first-order valence-corrected chi connectivity index (χ1v) is 10.1. The van der Waals surface area contributed by atoms with E-state index >= 15 is 0 Å². The maximum absolute atomic E-state index is 13.1. The fourth-order valence-electron chi connectivity index (χ4n) is 3.42. The number of ketones is 2. The highest BCUT2D eigenvalue weighted by Crippen LogP contribution is 2.37. The number of Topliss-reactive ketones (excluding diaryl/α,β-unsaturated/α-hetero) is 1. The Hall–Kier alpha value is -3.25. The first-order valence-electron chi connectivity index (χ1n) is 8.92. The number of aryl methyl sites for hydroxylation is 1. The average Bonchev–Trinajstić information content (AvgIpc) is 2.74. The molecule has 1 unspecified atom stereocenters. The molecule has 1 atom stereocenters. The SMILES string of the molecule is COc1cc2ccc3c(c2cc1OC)C(=O)C=C(S(=O)c1ccc(C)cc1)C3=O. The zero-order chi connectivity index (χ0) is 20.7. The number of benzene rings is 3. The van der Waals surface area contributed by atoms with E-state index in [4.69, 9.17) is 9.47 Å². The van der Waals surface area contributed by atoms with Crippen LogP contribution in [0.15, 0.2) is 64.4 Å². The van der Waals surface area contributed by atoms with Crippen molar-refractivity contribution in [2.75, 3.05) is 14.2 Å². The number of carbonyl (C=O) groups excluding carboxylic acids is 2. The molecule has 1 aliphatic carbocycles. The summed E-state index contributed by atoms with van der Waals surface area (Å²) in [7, 11) is 1.31. The van der Waals surface area contributed by atoms with E-state index in [0.29, 0.717) is 21.8 Å². The van der Waals surface area contributed by atoms with Crippen molar-refractivity contribution in [3.8, 4) is 11.5 Å². The molecule has 0 bridgehead atoms. The molecule has 29 heavy (non-hydrogen) atoms. The van der Waals surface area contributed by atoms with Crippen LogP contribution >= 0.6 is 0 Å². The second-order valence-electron chi connectivity index (χ2n) is 6.70. The van der Waals surface area contributed by atoms with Crippen LogP contribution in [0.5, 0.6) is 11.5 Å². The predicted octanol–water partition coefficient (Wildman–Crippen LogP) is 4.24. The molecule has 0 aliphatic heterocycles. The van der Waals surface area contributed by atoms with E-state index in [1.807, 2.05) is 19.1 Å². The molecule has 4 rings (SSSR count). The van der Waals surface area contributed by atoms with E-state index in [2.05, 4.69) is 0 Å². The quantitative estimate of drug-likeness (QED) is 0.648. The van der Waals surface area contributed by atoms with Gasteiger partial charge in [-0.25, -0.2) is 4.21 Å². The maximum atomic E-state index is 13.1. The molecule has 0 saturated heterocycles. The van der Waals surface area contributed by atoms with Crippen molar-refractivity contribution in [3.63, 3.8) is 0 Å². The summed E-state index contributed by atoms with van der Waals surface area (Å²) < 4.78 is 23.6. The van der Waals surface area contributed by atoms with Crippen molar-refractivity contribution in [1.29, 1.82) is 0 Å². The lowest BCUT2D eigenvalue weighted by atomic mass is 9.89. The van der Waals surface area contributed by atoms with Crippen LogP contribution in [-0.2, 0) is 10.8 Å². The smallest absolute Gasteiger partial charge is 0.203 e. The maximum Gasteiger partial charge on any atom is 0.203 e. The first kappa shape index (κ1) is 19.1. The Morgan fingerprint density at radius 2 is 1.52 bits per heavy atom. The van der Waals surface area contributed by atoms with Crippen LogP contribution in [-0.4, -0.2) is 30.0 Å². The van der Waals surface area contributed by atoms with Crippen LogP contribution in [0.3, 0.4) is 0 Å². The third-order valence-electron chi connectivity index (χ3n) is 4.94. The summed E-state index contributed by atoms with van der Waals surface area (Å²) in [5, 5.41) is 1.34. The summed E-state index contributed by atoms with van der Waals surface area (Å²) in [5.41, 5.74) is 1.55. The van der Waals surface area contributed by atoms with Crippen molar-refractivity contribution in [2.24, 2.45) is 0 Å². The molecule has 0 amide bonds. The standard InChI is InChI=1S/C23H18O5S/c1-13-4-7-15(8-5-13)29(26)21-12-18(24)22-16(23(21)25)9-6-14-10-19(27-2)20(28-3)11-17(14)22/h4-12H,1-3H3. The lowest BCUT2D eigenvalue weighted by Gasteiger charge is -2.18. The minimum atomic E-state index is -1.73. The van der Waals surface area contributed by atoms with E-state index < -0.39 is 16.6 Å². The van der Waals surface area contributed by atoms with Gasteiger partial charge in [0.05, 0.1) is 29.9 Å². The van der Waals surface area contributed by atoms with Gasteiger partial charge < -0.3 is 9.47 Å². The van der Waals surface area contributed by atoms with Gasteiger partial charge >= 0.3 is 0 Å². The highest BCUT2D eigenvalue weighted by atomic mass is 32.2. The number of hydrogen-bond donors (Lipinski definition) is 0. The van der Waals surface area contributed by atoms with Gasteiger partial charge in [-0.2, -0.15) is 0 Å². The van der Waals surface area contributed by atoms with Crippen LogP contribution in [0.25, 0.3) is 10.8 Å². The van der Waals surface area contributed by atoms with Crippen LogP contribution < -0.4 is 9.47 Å². The molecule has 0 aromatic heterocycles. The topological polar surface area (TPSA) is 69.7 Å². The summed E-state index contributed by atoms with van der Waals surface area (Å²) >= 11 is 0. The Bertz CT molecular complexity index is 1220. The second kappa shape index (κ2) is 7.29. The summed E-state index contributed by atoms with van der Waals surface area (Å²) in [6, 6.07) is 13.9. The molecule has 0 radical (unpaired) electrons. The summed E-state index contributed by atoms with van der Waals surface area (Å²) in [6.07, 6.45) is 1.19. The number of hydrogen-bond acceptors (Lipinski definition) is 5. The molecule has 146 valence electrons. The molecular weight excluding hydrogens is 388 g/mol. The highest BCUT2D eigenvalue weighted by molar-refractivity contribution is 7.90.